The number of nitrogens with zero attached hydrogens (tertiary/aromatic N) is 1. The number of aromatic nitrogens is 1. The number of carbonyl (C=O) groups excluding carboxylic acids is 2. The summed E-state index contributed by atoms with van der Waals surface area (Å²) in [5, 5.41) is 8.62. The minimum atomic E-state index is -0.295. The Labute approximate surface area is 162 Å². The van der Waals surface area contributed by atoms with Crippen molar-refractivity contribution in [3.05, 3.63) is 72.4 Å². The van der Waals surface area contributed by atoms with Crippen LogP contribution < -0.4 is 20.7 Å². The smallest absolute Gasteiger partial charge is 0.257 e. The molecular weight excluding hydrogens is 356 g/mol. The summed E-state index contributed by atoms with van der Waals surface area (Å²) in [6.07, 6.45) is 1.49. The second kappa shape index (κ2) is 8.68. The summed E-state index contributed by atoms with van der Waals surface area (Å²) >= 11 is 0. The Morgan fingerprint density at radius 3 is 2.36 bits per heavy atom. The lowest BCUT2D eigenvalue weighted by molar-refractivity contribution is -0.114. The van der Waals surface area contributed by atoms with Crippen LogP contribution in [0.4, 0.5) is 22.9 Å². The molecule has 1 heterocycles. The number of hydrogen-bond donors (Lipinski definition) is 3. The Morgan fingerprint density at radius 1 is 0.929 bits per heavy atom. The van der Waals surface area contributed by atoms with Crippen LogP contribution in [0.5, 0.6) is 5.75 Å². The van der Waals surface area contributed by atoms with Crippen LogP contribution in [0.2, 0.25) is 0 Å². The van der Waals surface area contributed by atoms with Gasteiger partial charge < -0.3 is 20.7 Å². The lowest BCUT2D eigenvalue weighted by Crippen LogP contribution is -2.13. The fraction of sp³-hybridized carbons (Fsp3) is 0.0952. The molecule has 3 aromatic rings. The minimum absolute atomic E-state index is 0.175. The van der Waals surface area contributed by atoms with Crippen LogP contribution in [0, 0.1) is 0 Å². The Balaban J connectivity index is 1.68. The van der Waals surface area contributed by atoms with Crippen LogP contribution in [-0.2, 0) is 4.79 Å². The third kappa shape index (κ3) is 4.85. The highest BCUT2D eigenvalue weighted by atomic mass is 16.5. The van der Waals surface area contributed by atoms with Crippen LogP contribution in [0.15, 0.2) is 66.9 Å². The number of carbonyl (C=O) groups is 2. The molecule has 0 atom stereocenters. The maximum absolute atomic E-state index is 12.4. The summed E-state index contributed by atoms with van der Waals surface area (Å²) < 4.78 is 5.30. The number of nitrogens with one attached hydrogen (secondary N) is 3. The first kappa shape index (κ1) is 18.9. The van der Waals surface area contributed by atoms with Crippen LogP contribution in [0.25, 0.3) is 0 Å². The maximum Gasteiger partial charge on any atom is 0.257 e. The van der Waals surface area contributed by atoms with Gasteiger partial charge in [0.2, 0.25) is 5.91 Å². The van der Waals surface area contributed by atoms with Crippen molar-refractivity contribution in [3.63, 3.8) is 0 Å². The van der Waals surface area contributed by atoms with Gasteiger partial charge in [0.15, 0.2) is 0 Å². The zero-order valence-corrected chi connectivity index (χ0v) is 15.5. The highest BCUT2D eigenvalue weighted by Gasteiger charge is 2.09. The molecule has 0 saturated carbocycles. The van der Waals surface area contributed by atoms with Gasteiger partial charge in [0, 0.05) is 24.5 Å². The predicted molar refractivity (Wildman–Crippen MR) is 109 cm³/mol. The van der Waals surface area contributed by atoms with E-state index in [1.165, 1.54) is 13.1 Å². The van der Waals surface area contributed by atoms with Gasteiger partial charge in [0.1, 0.15) is 11.6 Å². The van der Waals surface area contributed by atoms with Crippen molar-refractivity contribution in [2.24, 2.45) is 0 Å². The molecule has 7 heteroatoms. The fourth-order valence-electron chi connectivity index (χ4n) is 2.57. The van der Waals surface area contributed by atoms with Crippen LogP contribution >= 0.6 is 0 Å². The van der Waals surface area contributed by atoms with Gasteiger partial charge in [-0.15, -0.1) is 0 Å². The third-order valence-corrected chi connectivity index (χ3v) is 3.84. The predicted octanol–water partition coefficient (Wildman–Crippen LogP) is 4.04. The van der Waals surface area contributed by atoms with Gasteiger partial charge in [-0.25, -0.2) is 4.98 Å². The number of ether oxygens (including phenoxy) is 1. The average Bonchev–Trinajstić information content (AvgIpc) is 2.68. The van der Waals surface area contributed by atoms with E-state index in [0.29, 0.717) is 28.5 Å². The molecule has 0 fully saturated rings. The fourth-order valence-corrected chi connectivity index (χ4v) is 2.57. The first-order valence-corrected chi connectivity index (χ1v) is 8.60. The molecule has 3 rings (SSSR count). The van der Waals surface area contributed by atoms with Crippen LogP contribution in [0.1, 0.15) is 17.3 Å². The van der Waals surface area contributed by atoms with Crippen molar-refractivity contribution in [1.29, 1.82) is 0 Å². The van der Waals surface area contributed by atoms with E-state index in [1.54, 1.807) is 43.5 Å². The topological polar surface area (TPSA) is 92.4 Å². The SMILES string of the molecule is COc1ccccc1Nc1ccc(C(=O)Nc2cccc(NC(C)=O)c2)cn1. The van der Waals surface area contributed by atoms with E-state index in [4.69, 9.17) is 4.74 Å². The molecule has 3 N–H and O–H groups in total. The van der Waals surface area contributed by atoms with Crippen molar-refractivity contribution in [2.75, 3.05) is 23.1 Å². The standard InChI is InChI=1S/C21H20N4O3/c1-14(26)23-16-6-5-7-17(12-16)24-21(27)15-10-11-20(22-13-15)25-18-8-3-4-9-19(18)28-2/h3-13H,1-2H3,(H,22,25)(H,23,26)(H,24,27). The molecule has 2 amide bonds. The monoisotopic (exact) mass is 376 g/mol. The quantitative estimate of drug-likeness (QED) is 0.604. The van der Waals surface area contributed by atoms with E-state index in [9.17, 15) is 9.59 Å². The van der Waals surface area contributed by atoms with Crippen LogP contribution in [0.3, 0.4) is 0 Å². The van der Waals surface area contributed by atoms with E-state index in [-0.39, 0.29) is 11.8 Å². The number of amides is 2. The molecule has 0 radical (unpaired) electrons. The summed E-state index contributed by atoms with van der Waals surface area (Å²) in [4.78, 5) is 27.9. The molecule has 0 saturated heterocycles. The van der Waals surface area contributed by atoms with E-state index in [0.717, 1.165) is 5.69 Å². The van der Waals surface area contributed by atoms with Crippen molar-refractivity contribution in [2.45, 2.75) is 6.92 Å². The summed E-state index contributed by atoms with van der Waals surface area (Å²) in [6.45, 7) is 1.43. The first-order chi connectivity index (χ1) is 13.5. The second-order valence-electron chi connectivity index (χ2n) is 5.97. The van der Waals surface area contributed by atoms with Gasteiger partial charge in [0.25, 0.3) is 5.91 Å². The first-order valence-electron chi connectivity index (χ1n) is 8.60. The molecule has 7 nitrogen and oxygen atoms in total. The number of methoxy groups -OCH3 is 1. The maximum atomic E-state index is 12.4. The number of hydrogen-bond acceptors (Lipinski definition) is 5. The zero-order valence-electron chi connectivity index (χ0n) is 15.5. The molecule has 0 spiro atoms. The number of rotatable bonds is 6. The van der Waals surface area contributed by atoms with E-state index in [2.05, 4.69) is 20.9 Å². The minimum Gasteiger partial charge on any atom is -0.495 e. The summed E-state index contributed by atoms with van der Waals surface area (Å²) in [6, 6.07) is 17.8. The molecule has 0 aliphatic heterocycles. The Morgan fingerprint density at radius 2 is 1.68 bits per heavy atom. The molecule has 0 unspecified atom stereocenters. The lowest BCUT2D eigenvalue weighted by atomic mass is 10.2. The normalized spacial score (nSPS) is 10.1. The molecule has 142 valence electrons. The van der Waals surface area contributed by atoms with E-state index >= 15 is 0 Å². The summed E-state index contributed by atoms with van der Waals surface area (Å²) in [7, 11) is 1.60. The molecule has 0 aliphatic carbocycles. The summed E-state index contributed by atoms with van der Waals surface area (Å²) in [5.41, 5.74) is 2.38. The molecule has 2 aromatic carbocycles. The van der Waals surface area contributed by atoms with E-state index in [1.807, 2.05) is 24.3 Å². The Hall–Kier alpha value is -3.87. The molecule has 28 heavy (non-hydrogen) atoms. The highest BCUT2D eigenvalue weighted by Crippen LogP contribution is 2.26. The summed E-state index contributed by atoms with van der Waals surface area (Å²) in [5.74, 6) is 0.820. The third-order valence-electron chi connectivity index (χ3n) is 3.84. The van der Waals surface area contributed by atoms with Crippen molar-refractivity contribution >= 4 is 34.7 Å². The van der Waals surface area contributed by atoms with E-state index < -0.39 is 0 Å². The number of anilines is 4. The molecule has 0 aliphatic rings. The number of para-hydroxylation sites is 2. The Bertz CT molecular complexity index is 987. The highest BCUT2D eigenvalue weighted by molar-refractivity contribution is 6.04. The van der Waals surface area contributed by atoms with Crippen molar-refractivity contribution in [3.8, 4) is 5.75 Å². The molecule has 1 aromatic heterocycles. The van der Waals surface area contributed by atoms with Crippen LogP contribution in [-0.4, -0.2) is 23.9 Å². The second-order valence-corrected chi connectivity index (χ2v) is 5.97. The van der Waals surface area contributed by atoms with Crippen molar-refractivity contribution in [1.82, 2.24) is 4.98 Å². The average molecular weight is 376 g/mol. The van der Waals surface area contributed by atoms with Gasteiger partial charge in [-0.05, 0) is 42.5 Å². The molecular formula is C21H20N4O3. The number of benzene rings is 2. The zero-order chi connectivity index (χ0) is 19.9. The van der Waals surface area contributed by atoms with Gasteiger partial charge in [-0.3, -0.25) is 9.59 Å². The largest absolute Gasteiger partial charge is 0.495 e. The molecule has 0 bridgehead atoms. The van der Waals surface area contributed by atoms with Gasteiger partial charge in [-0.1, -0.05) is 18.2 Å². The van der Waals surface area contributed by atoms with Gasteiger partial charge in [-0.2, -0.15) is 0 Å². The lowest BCUT2D eigenvalue weighted by Gasteiger charge is -2.11. The van der Waals surface area contributed by atoms with Gasteiger partial charge >= 0.3 is 0 Å². The van der Waals surface area contributed by atoms with Gasteiger partial charge in [0.05, 0.1) is 18.4 Å². The Kier molecular flexibility index (Phi) is 5.86. The van der Waals surface area contributed by atoms with Crippen molar-refractivity contribution < 1.29 is 14.3 Å². The number of pyridine rings is 1.